The molecular formula is C72H104. The number of hydrogen-bond acceptors (Lipinski definition) is 0. The molecule has 72 heavy (non-hydrogen) atoms. The monoisotopic (exact) mass is 969 g/mol. The van der Waals surface area contributed by atoms with Gasteiger partial charge in [0.25, 0.3) is 0 Å². The van der Waals surface area contributed by atoms with E-state index in [9.17, 15) is 0 Å². The van der Waals surface area contributed by atoms with Gasteiger partial charge in [-0.2, -0.15) is 0 Å². The van der Waals surface area contributed by atoms with Crippen molar-refractivity contribution >= 4 is 27.1 Å². The Morgan fingerprint density at radius 1 is 0.389 bits per heavy atom. The third kappa shape index (κ3) is 25.9. The van der Waals surface area contributed by atoms with E-state index in [4.69, 9.17) is 0 Å². The van der Waals surface area contributed by atoms with Gasteiger partial charge in [0.2, 0.25) is 0 Å². The minimum atomic E-state index is 0.884. The summed E-state index contributed by atoms with van der Waals surface area (Å²) in [5, 5.41) is 5.07. The molecule has 0 N–H and O–H groups in total. The second-order valence-electron chi connectivity index (χ2n) is 16.4. The van der Waals surface area contributed by atoms with Crippen molar-refractivity contribution in [1.82, 2.24) is 0 Å². The highest BCUT2D eigenvalue weighted by molar-refractivity contribution is 6.22. The Labute approximate surface area is 446 Å². The van der Waals surface area contributed by atoms with Crippen molar-refractivity contribution in [2.75, 3.05) is 0 Å². The fourth-order valence-corrected chi connectivity index (χ4v) is 6.52. The molecule has 0 aliphatic rings. The van der Waals surface area contributed by atoms with Crippen molar-refractivity contribution in [3.05, 3.63) is 211 Å². The lowest BCUT2D eigenvalue weighted by molar-refractivity contribution is 0.626. The van der Waals surface area contributed by atoms with Crippen LogP contribution in [-0.4, -0.2) is 0 Å². The predicted molar refractivity (Wildman–Crippen MR) is 338 cm³/mol. The number of fused-ring (bicyclic) bond motifs is 2. The molecule has 0 heterocycles. The molecule has 0 saturated carbocycles. The van der Waals surface area contributed by atoms with E-state index in [0.717, 1.165) is 11.5 Å². The van der Waals surface area contributed by atoms with Crippen LogP contribution in [0.2, 0.25) is 0 Å². The molecule has 8 aromatic carbocycles. The molecule has 0 unspecified atom stereocenters. The molecule has 8 rings (SSSR count). The zero-order valence-corrected chi connectivity index (χ0v) is 49.9. The van der Waals surface area contributed by atoms with E-state index in [-0.39, 0.29) is 0 Å². The fourth-order valence-electron chi connectivity index (χ4n) is 6.52. The van der Waals surface area contributed by atoms with Crippen molar-refractivity contribution in [2.45, 2.75) is 171 Å². The Kier molecular flexibility index (Phi) is 45.0. The topological polar surface area (TPSA) is 0 Å². The summed E-state index contributed by atoms with van der Waals surface area (Å²) in [7, 11) is 0. The molecule has 0 saturated heterocycles. The molecule has 0 nitrogen and oxygen atoms in total. The average molecular weight is 970 g/mol. The predicted octanol–water partition coefficient (Wildman–Crippen LogP) is 24.7. The van der Waals surface area contributed by atoms with Crippen LogP contribution in [0.15, 0.2) is 189 Å². The number of benzene rings is 8. The lowest BCUT2D eigenvalue weighted by atomic mass is 9.83. The van der Waals surface area contributed by atoms with Gasteiger partial charge in [-0.15, -0.1) is 0 Å². The maximum Gasteiger partial charge on any atom is -0.00201 e. The van der Waals surface area contributed by atoms with Crippen LogP contribution in [0.1, 0.15) is 173 Å². The highest BCUT2D eigenvalue weighted by atomic mass is 14.2. The second kappa shape index (κ2) is 46.1. The van der Waals surface area contributed by atoms with Gasteiger partial charge in [-0.1, -0.05) is 337 Å². The molecule has 0 fully saturated rings. The van der Waals surface area contributed by atoms with Gasteiger partial charge in [0.15, 0.2) is 0 Å². The summed E-state index contributed by atoms with van der Waals surface area (Å²) < 4.78 is 0. The lowest BCUT2D eigenvalue weighted by Gasteiger charge is -2.20. The Hall–Kier alpha value is -5.98. The number of aryl methyl sites for hydroxylation is 3. The Balaban J connectivity index is -0.00000105. The third-order valence-corrected chi connectivity index (χ3v) is 10.5. The largest absolute Gasteiger partial charge is 0.0955 e. The Morgan fingerprint density at radius 3 is 1.10 bits per heavy atom. The standard InChI is InChI=1S/C35H26.C9H12.C6H6.C5H12.C4H10.C3H8.5C2H6/c1-24(2)26-15-12-16-27(23-26)34-30-19-8-10-21-32(30)35(33-22-11-9-20-31(33)34)29-18-7-6-17-28(29)25-13-4-3-5-14-25;1-7-4-5-8(2)9(3)6-7;1-2-4-6-5-3-1;1-4-5(2)3;1-3-4-2;1-3-2;5*1-2/h3-23H,1H2,2H3;4-6H,1-3H3;1-6H;5H,4H2,1-3H3;3-4H2,1-2H3;3H2,1-2H3;5*1-2H3. The maximum atomic E-state index is 4.18. The van der Waals surface area contributed by atoms with Gasteiger partial charge >= 0.3 is 0 Å². The first-order chi connectivity index (χ1) is 35.0. The van der Waals surface area contributed by atoms with Crippen LogP contribution in [0.4, 0.5) is 0 Å². The molecule has 0 radical (unpaired) electrons. The average Bonchev–Trinajstić information content (AvgIpc) is 3.45. The summed E-state index contributed by atoms with van der Waals surface area (Å²) in [6.07, 6.45) is 5.19. The molecule has 0 spiro atoms. The SMILES string of the molecule is C=C(C)c1cccc(-c2c3ccccc3c(-c3ccccc3-c3ccccc3)c3ccccc23)c1.CC.CC.CC.CC.CC.CCC.CCC(C)C.CCCC.Cc1ccc(C)c(C)c1.c1ccccc1. The first-order valence-corrected chi connectivity index (χ1v) is 27.9. The Bertz CT molecular complexity index is 2400. The maximum absolute atomic E-state index is 4.18. The van der Waals surface area contributed by atoms with Gasteiger partial charge in [-0.05, 0) is 111 Å². The van der Waals surface area contributed by atoms with E-state index in [0.29, 0.717) is 0 Å². The van der Waals surface area contributed by atoms with Crippen LogP contribution in [0.25, 0.3) is 60.5 Å². The van der Waals surface area contributed by atoms with Crippen molar-refractivity contribution < 1.29 is 0 Å². The van der Waals surface area contributed by atoms with Crippen LogP contribution in [0.3, 0.4) is 0 Å². The van der Waals surface area contributed by atoms with Crippen LogP contribution >= 0.6 is 0 Å². The van der Waals surface area contributed by atoms with E-state index in [1.807, 2.05) is 106 Å². The molecule has 8 aromatic rings. The quantitative estimate of drug-likeness (QED) is 0.146. The summed E-state index contributed by atoms with van der Waals surface area (Å²) in [5.41, 5.74) is 13.9. The van der Waals surface area contributed by atoms with Crippen molar-refractivity contribution in [3.63, 3.8) is 0 Å². The summed E-state index contributed by atoms with van der Waals surface area (Å²) in [6, 6.07) is 64.4. The van der Waals surface area contributed by atoms with Gasteiger partial charge in [0, 0.05) is 0 Å². The van der Waals surface area contributed by atoms with Gasteiger partial charge in [0.1, 0.15) is 0 Å². The first kappa shape index (κ1) is 70.3. The molecule has 392 valence electrons. The van der Waals surface area contributed by atoms with Gasteiger partial charge < -0.3 is 0 Å². The number of allylic oxidation sites excluding steroid dienone is 1. The zero-order chi connectivity index (χ0) is 55.3. The van der Waals surface area contributed by atoms with Crippen LogP contribution < -0.4 is 0 Å². The number of rotatable bonds is 6. The molecule has 0 aromatic heterocycles. The van der Waals surface area contributed by atoms with E-state index in [1.54, 1.807) is 0 Å². The van der Waals surface area contributed by atoms with Gasteiger partial charge in [0.05, 0.1) is 0 Å². The zero-order valence-electron chi connectivity index (χ0n) is 49.9. The van der Waals surface area contributed by atoms with Crippen molar-refractivity contribution in [3.8, 4) is 33.4 Å². The molecule has 0 aliphatic heterocycles. The first-order valence-electron chi connectivity index (χ1n) is 27.9. The lowest BCUT2D eigenvalue weighted by Crippen LogP contribution is -1.93. The minimum absolute atomic E-state index is 0.884. The summed E-state index contributed by atoms with van der Waals surface area (Å²) in [4.78, 5) is 0. The fraction of sp³-hybridized carbons (Fsp3) is 0.361. The smallest absolute Gasteiger partial charge is 0.00201 e. The second-order valence-corrected chi connectivity index (χ2v) is 16.4. The van der Waals surface area contributed by atoms with E-state index >= 15 is 0 Å². The van der Waals surface area contributed by atoms with Crippen LogP contribution in [0.5, 0.6) is 0 Å². The van der Waals surface area contributed by atoms with Crippen molar-refractivity contribution in [1.29, 1.82) is 0 Å². The summed E-state index contributed by atoms with van der Waals surface area (Å²) >= 11 is 0. The van der Waals surface area contributed by atoms with Crippen LogP contribution in [-0.2, 0) is 0 Å². The highest BCUT2D eigenvalue weighted by Crippen LogP contribution is 2.46. The summed E-state index contributed by atoms with van der Waals surface area (Å²) in [5.74, 6) is 0.884. The normalized spacial score (nSPS) is 9.03. The molecular weight excluding hydrogens is 865 g/mol. The molecule has 0 aliphatic carbocycles. The summed E-state index contributed by atoms with van der Waals surface area (Å²) in [6.45, 7) is 47.9. The number of unbranched alkanes of at least 4 members (excludes halogenated alkanes) is 1. The third-order valence-electron chi connectivity index (χ3n) is 10.5. The molecule has 0 atom stereocenters. The number of hydrogen-bond donors (Lipinski definition) is 0. The molecule has 0 heteroatoms. The molecule has 0 bridgehead atoms. The van der Waals surface area contributed by atoms with Gasteiger partial charge in [-0.3, -0.25) is 0 Å². The Morgan fingerprint density at radius 2 is 0.736 bits per heavy atom. The highest BCUT2D eigenvalue weighted by Gasteiger charge is 2.18. The molecule has 0 amide bonds. The van der Waals surface area contributed by atoms with E-state index in [2.05, 4.69) is 228 Å². The van der Waals surface area contributed by atoms with E-state index in [1.165, 1.54) is 103 Å². The van der Waals surface area contributed by atoms with Crippen molar-refractivity contribution in [2.24, 2.45) is 5.92 Å². The van der Waals surface area contributed by atoms with Gasteiger partial charge in [-0.25, -0.2) is 0 Å². The van der Waals surface area contributed by atoms with E-state index < -0.39 is 0 Å². The minimum Gasteiger partial charge on any atom is -0.0955 e. The van der Waals surface area contributed by atoms with Crippen LogP contribution in [0, 0.1) is 26.7 Å².